The van der Waals surface area contributed by atoms with Crippen molar-refractivity contribution in [3.05, 3.63) is 64.0 Å². The molecule has 5 rings (SSSR count). The molecule has 6 heteroatoms. The Balaban J connectivity index is 0.000000150. The average Bonchev–Trinajstić information content (AvgIpc) is 3.26. The topological polar surface area (TPSA) is 37.4 Å². The predicted octanol–water partition coefficient (Wildman–Crippen LogP) is 5.04. The van der Waals surface area contributed by atoms with Gasteiger partial charge in [0.15, 0.2) is 23.2 Å². The lowest BCUT2D eigenvalue weighted by molar-refractivity contribution is 0.0986. The highest BCUT2D eigenvalue weighted by Gasteiger charge is 2.24. The lowest BCUT2D eigenvalue weighted by atomic mass is 10.1. The van der Waals surface area contributed by atoms with Crippen LogP contribution in [0, 0.1) is 17.5 Å². The first kappa shape index (κ1) is 19.7. The number of aryl methyl sites for hydroxylation is 2. The van der Waals surface area contributed by atoms with Gasteiger partial charge in [0.25, 0.3) is 0 Å². The average molecular weight is 401 g/mol. The molecule has 1 heterocycles. The molecular weight excluding hydrogens is 379 g/mol. The maximum Gasteiger partial charge on any atom is 0.163 e. The molecule has 1 aliphatic heterocycles. The zero-order chi connectivity index (χ0) is 20.5. The molecule has 0 radical (unpaired) electrons. The minimum atomic E-state index is -0.941. The molecule has 3 aliphatic rings. The van der Waals surface area contributed by atoms with Crippen LogP contribution in [0.2, 0.25) is 0 Å². The Kier molecular flexibility index (Phi) is 5.43. The maximum atomic E-state index is 14.0. The summed E-state index contributed by atoms with van der Waals surface area (Å²) in [5, 5.41) is 0. The quantitative estimate of drug-likeness (QED) is 0.672. The molecule has 0 amide bonds. The van der Waals surface area contributed by atoms with Crippen LogP contribution in [-0.2, 0) is 12.8 Å². The van der Waals surface area contributed by atoms with Crippen molar-refractivity contribution in [3.8, 4) is 0 Å². The molecule has 0 aromatic heterocycles. The fourth-order valence-corrected chi connectivity index (χ4v) is 4.27. The van der Waals surface area contributed by atoms with Gasteiger partial charge in [-0.3, -0.25) is 9.59 Å². The molecule has 0 unspecified atom stereocenters. The van der Waals surface area contributed by atoms with Crippen LogP contribution in [0.15, 0.2) is 24.3 Å². The zero-order valence-electron chi connectivity index (χ0n) is 16.1. The SMILES string of the molecule is O=C1CCc2cc(F)c(F)cc21.O=C1CCc2cc(N3CCCCC3)c(F)cc21. The monoisotopic (exact) mass is 401 g/mol. The van der Waals surface area contributed by atoms with Crippen LogP contribution in [0.3, 0.4) is 0 Å². The third-order valence-electron chi connectivity index (χ3n) is 5.86. The summed E-state index contributed by atoms with van der Waals surface area (Å²) >= 11 is 0. The molecule has 29 heavy (non-hydrogen) atoms. The van der Waals surface area contributed by atoms with Gasteiger partial charge in [0, 0.05) is 37.1 Å². The van der Waals surface area contributed by atoms with Crippen LogP contribution >= 0.6 is 0 Å². The van der Waals surface area contributed by atoms with Gasteiger partial charge in [0.1, 0.15) is 5.82 Å². The van der Waals surface area contributed by atoms with Gasteiger partial charge in [-0.05, 0) is 67.5 Å². The maximum absolute atomic E-state index is 14.0. The summed E-state index contributed by atoms with van der Waals surface area (Å²) in [5.74, 6) is -2.05. The number of piperidine rings is 1. The third-order valence-corrected chi connectivity index (χ3v) is 5.86. The molecule has 2 aliphatic carbocycles. The van der Waals surface area contributed by atoms with E-state index >= 15 is 0 Å². The van der Waals surface area contributed by atoms with E-state index in [2.05, 4.69) is 4.90 Å². The van der Waals surface area contributed by atoms with Crippen molar-refractivity contribution in [3.63, 3.8) is 0 Å². The van der Waals surface area contributed by atoms with Crippen molar-refractivity contribution in [1.82, 2.24) is 0 Å². The van der Waals surface area contributed by atoms with E-state index in [-0.39, 0.29) is 17.4 Å². The molecule has 2 aromatic carbocycles. The Labute approximate surface area is 167 Å². The number of carbonyl (C=O) groups is 2. The van der Waals surface area contributed by atoms with Gasteiger partial charge in [0.2, 0.25) is 0 Å². The number of hydrogen-bond donors (Lipinski definition) is 0. The smallest absolute Gasteiger partial charge is 0.163 e. The molecule has 2 aromatic rings. The minimum Gasteiger partial charge on any atom is -0.369 e. The van der Waals surface area contributed by atoms with E-state index < -0.39 is 11.6 Å². The summed E-state index contributed by atoms with van der Waals surface area (Å²) in [6, 6.07) is 5.42. The summed E-state index contributed by atoms with van der Waals surface area (Å²) in [5.41, 5.74) is 3.28. The van der Waals surface area contributed by atoms with Crippen molar-refractivity contribution in [2.24, 2.45) is 0 Å². The van der Waals surface area contributed by atoms with Crippen LogP contribution in [0.4, 0.5) is 18.9 Å². The van der Waals surface area contributed by atoms with Gasteiger partial charge in [-0.25, -0.2) is 13.2 Å². The Morgan fingerprint density at radius 2 is 1.14 bits per heavy atom. The van der Waals surface area contributed by atoms with E-state index in [4.69, 9.17) is 0 Å². The number of Topliss-reactive ketones (excluding diaryl/α,β-unsaturated/α-hetero) is 2. The van der Waals surface area contributed by atoms with Gasteiger partial charge in [0.05, 0.1) is 5.69 Å². The number of halogens is 3. The number of nitrogens with zero attached hydrogens (tertiary/aromatic N) is 1. The van der Waals surface area contributed by atoms with Crippen LogP contribution < -0.4 is 4.90 Å². The highest BCUT2D eigenvalue weighted by molar-refractivity contribution is 6.01. The summed E-state index contributed by atoms with van der Waals surface area (Å²) < 4.78 is 39.2. The molecule has 3 nitrogen and oxygen atoms in total. The lowest BCUT2D eigenvalue weighted by Crippen LogP contribution is -2.30. The van der Waals surface area contributed by atoms with E-state index in [9.17, 15) is 22.8 Å². The van der Waals surface area contributed by atoms with Crippen LogP contribution in [-0.4, -0.2) is 24.7 Å². The van der Waals surface area contributed by atoms with E-state index in [0.29, 0.717) is 41.6 Å². The van der Waals surface area contributed by atoms with E-state index in [1.807, 2.05) is 6.07 Å². The molecule has 0 saturated carbocycles. The molecule has 1 saturated heterocycles. The molecular formula is C23H22F3NO2. The standard InChI is InChI=1S/C14H16FNO.C9H6F2O/c15-12-9-11-10(4-5-14(11)17)8-13(12)16-6-2-1-3-7-16;10-7-3-5-1-2-9(12)6(5)4-8(7)11/h8-9H,1-7H2;3-4H,1-2H2. The second-order valence-electron chi connectivity index (χ2n) is 7.78. The lowest BCUT2D eigenvalue weighted by Gasteiger charge is -2.29. The molecule has 152 valence electrons. The van der Waals surface area contributed by atoms with Crippen molar-refractivity contribution in [2.75, 3.05) is 18.0 Å². The van der Waals surface area contributed by atoms with Crippen LogP contribution in [0.1, 0.15) is 63.9 Å². The Bertz CT molecular complexity index is 981. The molecule has 0 spiro atoms. The minimum absolute atomic E-state index is 0.0871. The first-order valence-corrected chi connectivity index (χ1v) is 10.1. The predicted molar refractivity (Wildman–Crippen MR) is 104 cm³/mol. The second kappa shape index (κ2) is 8.01. The van der Waals surface area contributed by atoms with Crippen molar-refractivity contribution >= 4 is 17.3 Å². The van der Waals surface area contributed by atoms with Gasteiger partial charge in [-0.15, -0.1) is 0 Å². The molecule has 0 atom stereocenters. The summed E-state index contributed by atoms with van der Waals surface area (Å²) in [6.07, 6.45) is 5.73. The van der Waals surface area contributed by atoms with Gasteiger partial charge in [-0.1, -0.05) is 0 Å². The summed E-state index contributed by atoms with van der Waals surface area (Å²) in [4.78, 5) is 24.7. The van der Waals surface area contributed by atoms with Crippen molar-refractivity contribution < 1.29 is 22.8 Å². The fourth-order valence-electron chi connectivity index (χ4n) is 4.27. The second-order valence-corrected chi connectivity index (χ2v) is 7.78. The third kappa shape index (κ3) is 3.93. The number of carbonyl (C=O) groups excluding carboxylic acids is 2. The first-order valence-electron chi connectivity index (χ1n) is 10.1. The molecule has 0 N–H and O–H groups in total. The van der Waals surface area contributed by atoms with Crippen LogP contribution in [0.25, 0.3) is 0 Å². The van der Waals surface area contributed by atoms with Gasteiger partial charge >= 0.3 is 0 Å². The number of hydrogen-bond acceptors (Lipinski definition) is 3. The summed E-state index contributed by atoms with van der Waals surface area (Å²) in [6.45, 7) is 1.87. The number of ketones is 2. The van der Waals surface area contributed by atoms with E-state index in [1.54, 1.807) is 0 Å². The number of benzene rings is 2. The molecule has 0 bridgehead atoms. The van der Waals surface area contributed by atoms with Gasteiger partial charge < -0.3 is 4.90 Å². The van der Waals surface area contributed by atoms with E-state index in [1.165, 1.54) is 12.5 Å². The first-order chi connectivity index (χ1) is 13.9. The van der Waals surface area contributed by atoms with Crippen molar-refractivity contribution in [1.29, 1.82) is 0 Å². The largest absolute Gasteiger partial charge is 0.369 e. The summed E-state index contributed by atoms with van der Waals surface area (Å²) in [7, 11) is 0. The highest BCUT2D eigenvalue weighted by atomic mass is 19.2. The Hall–Kier alpha value is -2.63. The number of rotatable bonds is 1. The van der Waals surface area contributed by atoms with Gasteiger partial charge in [-0.2, -0.15) is 0 Å². The Morgan fingerprint density at radius 3 is 1.76 bits per heavy atom. The zero-order valence-corrected chi connectivity index (χ0v) is 16.1. The molecule has 1 fully saturated rings. The normalized spacial score (nSPS) is 17.7. The van der Waals surface area contributed by atoms with Crippen LogP contribution in [0.5, 0.6) is 0 Å². The fraction of sp³-hybridized carbons (Fsp3) is 0.391. The van der Waals surface area contributed by atoms with E-state index in [0.717, 1.165) is 50.0 Å². The Morgan fingerprint density at radius 1 is 0.621 bits per heavy atom. The van der Waals surface area contributed by atoms with Crippen molar-refractivity contribution in [2.45, 2.75) is 44.9 Å². The highest BCUT2D eigenvalue weighted by Crippen LogP contribution is 2.31. The number of anilines is 1. The number of fused-ring (bicyclic) bond motifs is 2.